The molecule has 0 fully saturated rings. The topological polar surface area (TPSA) is 38.0 Å². The Hall–Kier alpha value is -1.78. The van der Waals surface area contributed by atoms with Crippen LogP contribution in [0.1, 0.15) is 35.2 Å². The minimum atomic E-state index is -0.529. The van der Waals surface area contributed by atoms with E-state index in [-0.39, 0.29) is 12.1 Å². The average Bonchev–Trinajstić information content (AvgIpc) is 2.75. The molecule has 3 N–H and O–H groups in total. The number of hydrogen-bond acceptors (Lipinski definition) is 2. The second-order valence-corrected chi connectivity index (χ2v) is 5.51. The molecule has 0 saturated carbocycles. The van der Waals surface area contributed by atoms with Crippen LogP contribution in [0, 0.1) is 11.6 Å². The fourth-order valence-corrected chi connectivity index (χ4v) is 3.01. The molecule has 0 amide bonds. The molecule has 1 aliphatic rings. The van der Waals surface area contributed by atoms with E-state index in [2.05, 4.69) is 17.4 Å². The van der Waals surface area contributed by atoms with E-state index in [1.807, 2.05) is 12.1 Å². The average molecular weight is 288 g/mol. The molecule has 0 radical (unpaired) electrons. The second-order valence-electron chi connectivity index (χ2n) is 5.51. The van der Waals surface area contributed by atoms with Crippen molar-refractivity contribution in [2.45, 2.75) is 24.9 Å². The Morgan fingerprint density at radius 3 is 2.43 bits per heavy atom. The molecule has 2 nitrogen and oxygen atoms in total. The normalized spacial score (nSPS) is 20.5. The molecule has 4 heteroatoms. The number of nitrogens with two attached hydrogens (primary N) is 1. The van der Waals surface area contributed by atoms with Gasteiger partial charge in [0.25, 0.3) is 0 Å². The molecule has 21 heavy (non-hydrogen) atoms. The molecule has 2 unspecified atom stereocenters. The molecule has 0 saturated heterocycles. The van der Waals surface area contributed by atoms with Gasteiger partial charge in [-0.25, -0.2) is 8.78 Å². The van der Waals surface area contributed by atoms with Crippen molar-refractivity contribution in [1.82, 2.24) is 5.32 Å². The Labute approximate surface area is 123 Å². The molecule has 2 aromatic rings. The lowest BCUT2D eigenvalue weighted by Gasteiger charge is -2.14. The zero-order valence-electron chi connectivity index (χ0n) is 11.7. The smallest absolute Gasteiger partial charge is 0.126 e. The van der Waals surface area contributed by atoms with Crippen LogP contribution in [-0.4, -0.2) is 6.54 Å². The van der Waals surface area contributed by atoms with Crippen LogP contribution in [0.25, 0.3) is 0 Å². The molecule has 0 aliphatic heterocycles. The van der Waals surface area contributed by atoms with E-state index in [0.29, 0.717) is 18.5 Å². The summed E-state index contributed by atoms with van der Waals surface area (Å²) >= 11 is 0. The van der Waals surface area contributed by atoms with Crippen LogP contribution in [0.3, 0.4) is 0 Å². The zero-order valence-corrected chi connectivity index (χ0v) is 11.7. The fraction of sp³-hybridized carbons (Fsp3) is 0.294. The van der Waals surface area contributed by atoms with Gasteiger partial charge in [0.15, 0.2) is 0 Å². The van der Waals surface area contributed by atoms with Crippen molar-refractivity contribution >= 4 is 0 Å². The van der Waals surface area contributed by atoms with Crippen molar-refractivity contribution in [3.63, 3.8) is 0 Å². The van der Waals surface area contributed by atoms with Crippen molar-refractivity contribution in [2.75, 3.05) is 6.54 Å². The highest BCUT2D eigenvalue weighted by Gasteiger charge is 2.27. The van der Waals surface area contributed by atoms with Crippen molar-refractivity contribution in [3.8, 4) is 0 Å². The monoisotopic (exact) mass is 288 g/mol. The third kappa shape index (κ3) is 3.12. The van der Waals surface area contributed by atoms with Gasteiger partial charge in [-0.3, -0.25) is 0 Å². The highest BCUT2D eigenvalue weighted by atomic mass is 19.1. The third-order valence-corrected chi connectivity index (χ3v) is 3.99. The molecule has 1 aliphatic carbocycles. The predicted octanol–water partition coefficient (Wildman–Crippen LogP) is 3.24. The Balaban J connectivity index is 1.62. The minimum Gasteiger partial charge on any atom is -0.324 e. The van der Waals surface area contributed by atoms with Gasteiger partial charge in [-0.05, 0) is 48.2 Å². The lowest BCUT2D eigenvalue weighted by molar-refractivity contribution is 0.501. The van der Waals surface area contributed by atoms with E-state index in [0.717, 1.165) is 12.5 Å². The van der Waals surface area contributed by atoms with Crippen LogP contribution in [0.5, 0.6) is 0 Å². The van der Waals surface area contributed by atoms with Gasteiger partial charge in [0.1, 0.15) is 11.6 Å². The molecule has 0 spiro atoms. The van der Waals surface area contributed by atoms with Crippen LogP contribution in [0.2, 0.25) is 0 Å². The van der Waals surface area contributed by atoms with Gasteiger partial charge in [-0.15, -0.1) is 0 Å². The first-order valence-corrected chi connectivity index (χ1v) is 7.16. The first-order chi connectivity index (χ1) is 10.1. The standard InChI is InChI=1S/C17H18F2N2/c18-12-7-11(8-13(19)9-12)5-6-21-17-10-16(20)14-3-1-2-4-15(14)17/h1-4,7-9,16-17,21H,5-6,10,20H2. The quantitative estimate of drug-likeness (QED) is 0.906. The van der Waals surface area contributed by atoms with E-state index in [9.17, 15) is 8.78 Å². The van der Waals surface area contributed by atoms with Crippen molar-refractivity contribution in [2.24, 2.45) is 5.73 Å². The summed E-state index contributed by atoms with van der Waals surface area (Å²) in [6.45, 7) is 0.661. The molecule has 110 valence electrons. The molecular weight excluding hydrogens is 270 g/mol. The largest absolute Gasteiger partial charge is 0.324 e. The number of fused-ring (bicyclic) bond motifs is 1. The van der Waals surface area contributed by atoms with Gasteiger partial charge in [0.2, 0.25) is 0 Å². The van der Waals surface area contributed by atoms with E-state index in [1.165, 1.54) is 23.3 Å². The van der Waals surface area contributed by atoms with Gasteiger partial charge in [0, 0.05) is 18.2 Å². The van der Waals surface area contributed by atoms with E-state index < -0.39 is 11.6 Å². The van der Waals surface area contributed by atoms with Crippen LogP contribution in [-0.2, 0) is 6.42 Å². The Bertz CT molecular complexity index is 622. The number of hydrogen-bond donors (Lipinski definition) is 2. The van der Waals surface area contributed by atoms with Crippen LogP contribution < -0.4 is 11.1 Å². The van der Waals surface area contributed by atoms with Gasteiger partial charge < -0.3 is 11.1 Å². The van der Waals surface area contributed by atoms with Crippen LogP contribution in [0.4, 0.5) is 8.78 Å². The summed E-state index contributed by atoms with van der Waals surface area (Å²) in [4.78, 5) is 0. The van der Waals surface area contributed by atoms with Crippen molar-refractivity contribution in [3.05, 3.63) is 70.8 Å². The summed E-state index contributed by atoms with van der Waals surface area (Å²) in [7, 11) is 0. The summed E-state index contributed by atoms with van der Waals surface area (Å²) in [6.07, 6.45) is 1.44. The van der Waals surface area contributed by atoms with Crippen LogP contribution in [0.15, 0.2) is 42.5 Å². The Kier molecular flexibility index (Phi) is 3.99. The number of nitrogens with one attached hydrogen (secondary N) is 1. The highest BCUT2D eigenvalue weighted by molar-refractivity contribution is 5.37. The molecule has 3 rings (SSSR count). The van der Waals surface area contributed by atoms with Crippen molar-refractivity contribution < 1.29 is 8.78 Å². The highest BCUT2D eigenvalue weighted by Crippen LogP contribution is 2.36. The zero-order chi connectivity index (χ0) is 14.8. The molecular formula is C17H18F2N2. The van der Waals surface area contributed by atoms with Gasteiger partial charge >= 0.3 is 0 Å². The number of benzene rings is 2. The Morgan fingerprint density at radius 1 is 1.05 bits per heavy atom. The maximum absolute atomic E-state index is 13.1. The molecule has 2 aromatic carbocycles. The molecule has 2 atom stereocenters. The maximum Gasteiger partial charge on any atom is 0.126 e. The van der Waals surface area contributed by atoms with Crippen molar-refractivity contribution in [1.29, 1.82) is 0 Å². The van der Waals surface area contributed by atoms with Crippen LogP contribution >= 0.6 is 0 Å². The maximum atomic E-state index is 13.1. The summed E-state index contributed by atoms with van der Waals surface area (Å²) in [5.74, 6) is -1.06. The van der Waals surface area contributed by atoms with Gasteiger partial charge in [0.05, 0.1) is 0 Å². The molecule has 0 bridgehead atoms. The number of halogens is 2. The predicted molar refractivity (Wildman–Crippen MR) is 78.8 cm³/mol. The summed E-state index contributed by atoms with van der Waals surface area (Å²) < 4.78 is 26.3. The number of rotatable bonds is 4. The lowest BCUT2D eigenvalue weighted by Crippen LogP contribution is -2.22. The first kappa shape index (κ1) is 14.2. The van der Waals surface area contributed by atoms with Gasteiger partial charge in [-0.1, -0.05) is 24.3 Å². The fourth-order valence-electron chi connectivity index (χ4n) is 3.01. The van der Waals surface area contributed by atoms with E-state index in [4.69, 9.17) is 5.73 Å². The van der Waals surface area contributed by atoms with E-state index in [1.54, 1.807) is 0 Å². The van der Waals surface area contributed by atoms with Gasteiger partial charge in [-0.2, -0.15) is 0 Å². The summed E-state index contributed by atoms with van der Waals surface area (Å²) in [6, 6.07) is 12.1. The second kappa shape index (κ2) is 5.92. The van der Waals surface area contributed by atoms with E-state index >= 15 is 0 Å². The first-order valence-electron chi connectivity index (χ1n) is 7.16. The molecule has 0 aromatic heterocycles. The third-order valence-electron chi connectivity index (χ3n) is 3.99. The Morgan fingerprint density at radius 2 is 1.71 bits per heavy atom. The summed E-state index contributed by atoms with van der Waals surface area (Å²) in [5.41, 5.74) is 9.20. The SMILES string of the molecule is NC1CC(NCCc2cc(F)cc(F)c2)c2ccccc21. The lowest BCUT2D eigenvalue weighted by atomic mass is 10.1. The molecule has 0 heterocycles. The summed E-state index contributed by atoms with van der Waals surface area (Å²) in [5, 5.41) is 3.43. The minimum absolute atomic E-state index is 0.0605.